The number of benzene rings is 1. The van der Waals surface area contributed by atoms with Crippen molar-refractivity contribution in [3.8, 4) is 0 Å². The van der Waals surface area contributed by atoms with E-state index in [0.29, 0.717) is 0 Å². The van der Waals surface area contributed by atoms with Crippen molar-refractivity contribution in [2.75, 3.05) is 13.1 Å². The quantitative estimate of drug-likeness (QED) is 0.646. The summed E-state index contributed by atoms with van der Waals surface area (Å²) in [4.78, 5) is 2.47. The normalized spacial score (nSPS) is 22.4. The van der Waals surface area contributed by atoms with E-state index in [2.05, 4.69) is 48.4 Å². The SMILES string of the molecule is C=CCN(CC=C)[C@@H]1C[C@H]1Cc1ccccc1. The van der Waals surface area contributed by atoms with Gasteiger partial charge in [-0.05, 0) is 24.3 Å². The zero-order valence-electron chi connectivity index (χ0n) is 10.4. The summed E-state index contributed by atoms with van der Waals surface area (Å²) < 4.78 is 0. The van der Waals surface area contributed by atoms with Crippen LogP contribution in [0.3, 0.4) is 0 Å². The lowest BCUT2D eigenvalue weighted by atomic mass is 10.1. The summed E-state index contributed by atoms with van der Waals surface area (Å²) in [7, 11) is 0. The van der Waals surface area contributed by atoms with E-state index in [1.807, 2.05) is 12.2 Å². The largest absolute Gasteiger partial charge is 0.293 e. The van der Waals surface area contributed by atoms with Crippen LogP contribution in [0.4, 0.5) is 0 Å². The summed E-state index contributed by atoms with van der Waals surface area (Å²) in [6, 6.07) is 11.5. The highest BCUT2D eigenvalue weighted by molar-refractivity contribution is 5.17. The molecule has 2 rings (SSSR count). The molecule has 0 saturated heterocycles. The molecule has 0 amide bonds. The standard InChI is InChI=1S/C16H21N/c1-3-10-17(11-4-2)16-13-15(16)12-14-8-6-5-7-9-14/h3-9,15-16H,1-2,10-13H2/t15-,16-/m1/s1. The van der Waals surface area contributed by atoms with Crippen molar-refractivity contribution in [1.82, 2.24) is 4.90 Å². The van der Waals surface area contributed by atoms with Crippen LogP contribution in [0.2, 0.25) is 0 Å². The Balaban J connectivity index is 1.86. The highest BCUT2D eigenvalue weighted by Crippen LogP contribution is 2.38. The second-order valence-corrected chi connectivity index (χ2v) is 4.78. The molecule has 0 heterocycles. The highest BCUT2D eigenvalue weighted by atomic mass is 15.2. The summed E-state index contributed by atoms with van der Waals surface area (Å²) in [5.41, 5.74) is 1.46. The van der Waals surface area contributed by atoms with Gasteiger partial charge < -0.3 is 0 Å². The summed E-state index contributed by atoms with van der Waals surface area (Å²) in [6.07, 6.45) is 6.50. The molecule has 0 spiro atoms. The van der Waals surface area contributed by atoms with Gasteiger partial charge >= 0.3 is 0 Å². The number of hydrogen-bond donors (Lipinski definition) is 0. The van der Waals surface area contributed by atoms with E-state index in [0.717, 1.165) is 25.0 Å². The van der Waals surface area contributed by atoms with E-state index in [1.165, 1.54) is 18.4 Å². The molecule has 1 nitrogen and oxygen atoms in total. The van der Waals surface area contributed by atoms with Gasteiger partial charge in [0.15, 0.2) is 0 Å². The Hall–Kier alpha value is -1.34. The third-order valence-corrected chi connectivity index (χ3v) is 3.42. The Morgan fingerprint density at radius 2 is 1.76 bits per heavy atom. The van der Waals surface area contributed by atoms with E-state index in [4.69, 9.17) is 0 Å². The number of rotatable bonds is 7. The van der Waals surface area contributed by atoms with Crippen molar-refractivity contribution >= 4 is 0 Å². The summed E-state index contributed by atoms with van der Waals surface area (Å²) in [5.74, 6) is 0.817. The highest BCUT2D eigenvalue weighted by Gasteiger charge is 2.40. The maximum absolute atomic E-state index is 3.83. The van der Waals surface area contributed by atoms with Crippen LogP contribution in [0, 0.1) is 5.92 Å². The van der Waals surface area contributed by atoms with Gasteiger partial charge in [-0.3, -0.25) is 4.90 Å². The predicted octanol–water partition coefficient (Wildman–Crippen LogP) is 3.29. The smallest absolute Gasteiger partial charge is 0.0166 e. The molecule has 1 saturated carbocycles. The summed E-state index contributed by atoms with van der Waals surface area (Å²) in [5, 5.41) is 0. The van der Waals surface area contributed by atoms with Crippen LogP contribution in [0.5, 0.6) is 0 Å². The van der Waals surface area contributed by atoms with Gasteiger partial charge in [-0.1, -0.05) is 42.5 Å². The number of nitrogens with zero attached hydrogens (tertiary/aromatic N) is 1. The van der Waals surface area contributed by atoms with Crippen molar-refractivity contribution in [1.29, 1.82) is 0 Å². The van der Waals surface area contributed by atoms with Crippen LogP contribution < -0.4 is 0 Å². The third kappa shape index (κ3) is 3.31. The van der Waals surface area contributed by atoms with Crippen molar-refractivity contribution < 1.29 is 0 Å². The van der Waals surface area contributed by atoms with E-state index >= 15 is 0 Å². The van der Waals surface area contributed by atoms with Gasteiger partial charge in [-0.15, -0.1) is 13.2 Å². The first-order valence-corrected chi connectivity index (χ1v) is 6.35. The van der Waals surface area contributed by atoms with Crippen LogP contribution in [-0.2, 0) is 6.42 Å². The van der Waals surface area contributed by atoms with Gasteiger partial charge in [0, 0.05) is 19.1 Å². The lowest BCUT2D eigenvalue weighted by molar-refractivity contribution is 0.308. The maximum Gasteiger partial charge on any atom is 0.0166 e. The molecule has 0 aliphatic heterocycles. The fourth-order valence-electron chi connectivity index (χ4n) is 2.49. The Bertz CT molecular complexity index is 358. The second-order valence-electron chi connectivity index (χ2n) is 4.78. The predicted molar refractivity (Wildman–Crippen MR) is 74.0 cm³/mol. The molecule has 1 aliphatic rings. The van der Waals surface area contributed by atoms with Crippen molar-refractivity contribution in [2.45, 2.75) is 18.9 Å². The average molecular weight is 227 g/mol. The minimum Gasteiger partial charge on any atom is -0.293 e. The molecule has 1 fully saturated rings. The molecule has 17 heavy (non-hydrogen) atoms. The molecular formula is C16H21N. The first-order chi connectivity index (χ1) is 8.35. The van der Waals surface area contributed by atoms with Crippen LogP contribution in [0.25, 0.3) is 0 Å². The monoisotopic (exact) mass is 227 g/mol. The molecule has 1 aliphatic carbocycles. The Morgan fingerprint density at radius 1 is 1.12 bits per heavy atom. The van der Waals surface area contributed by atoms with Gasteiger partial charge in [0.25, 0.3) is 0 Å². The summed E-state index contributed by atoms with van der Waals surface area (Å²) >= 11 is 0. The molecule has 0 N–H and O–H groups in total. The average Bonchev–Trinajstić information content (AvgIpc) is 3.09. The van der Waals surface area contributed by atoms with Gasteiger partial charge in [0.2, 0.25) is 0 Å². The Kier molecular flexibility index (Phi) is 4.16. The van der Waals surface area contributed by atoms with Gasteiger partial charge in [-0.2, -0.15) is 0 Å². The second kappa shape index (κ2) is 5.83. The van der Waals surface area contributed by atoms with E-state index in [-0.39, 0.29) is 0 Å². The topological polar surface area (TPSA) is 3.24 Å². The number of hydrogen-bond acceptors (Lipinski definition) is 1. The molecule has 0 unspecified atom stereocenters. The summed E-state index contributed by atoms with van der Waals surface area (Å²) in [6.45, 7) is 9.60. The fourth-order valence-corrected chi connectivity index (χ4v) is 2.49. The van der Waals surface area contributed by atoms with E-state index in [1.54, 1.807) is 0 Å². The molecule has 1 aromatic carbocycles. The minimum absolute atomic E-state index is 0.728. The molecule has 0 bridgehead atoms. The first-order valence-electron chi connectivity index (χ1n) is 6.35. The zero-order valence-corrected chi connectivity index (χ0v) is 10.4. The first kappa shape index (κ1) is 12.1. The Morgan fingerprint density at radius 3 is 2.35 bits per heavy atom. The fraction of sp³-hybridized carbons (Fsp3) is 0.375. The van der Waals surface area contributed by atoms with Crippen molar-refractivity contribution in [3.63, 3.8) is 0 Å². The third-order valence-electron chi connectivity index (χ3n) is 3.42. The molecular weight excluding hydrogens is 206 g/mol. The van der Waals surface area contributed by atoms with Crippen LogP contribution in [0.15, 0.2) is 55.6 Å². The van der Waals surface area contributed by atoms with Crippen LogP contribution in [-0.4, -0.2) is 24.0 Å². The molecule has 1 heteroatoms. The van der Waals surface area contributed by atoms with Gasteiger partial charge in [0.05, 0.1) is 0 Å². The van der Waals surface area contributed by atoms with Crippen molar-refractivity contribution in [3.05, 3.63) is 61.2 Å². The lowest BCUT2D eigenvalue weighted by Gasteiger charge is -2.18. The van der Waals surface area contributed by atoms with Crippen molar-refractivity contribution in [2.24, 2.45) is 5.92 Å². The molecule has 0 aromatic heterocycles. The molecule has 90 valence electrons. The van der Waals surface area contributed by atoms with Crippen LogP contribution >= 0.6 is 0 Å². The molecule has 1 aromatic rings. The molecule has 2 atom stereocenters. The minimum atomic E-state index is 0.728. The van der Waals surface area contributed by atoms with Crippen LogP contribution in [0.1, 0.15) is 12.0 Å². The Labute approximate surface area is 104 Å². The van der Waals surface area contributed by atoms with E-state index < -0.39 is 0 Å². The molecule has 0 radical (unpaired) electrons. The zero-order chi connectivity index (χ0) is 12.1. The lowest BCUT2D eigenvalue weighted by Crippen LogP contribution is -2.27. The maximum atomic E-state index is 3.83. The van der Waals surface area contributed by atoms with Gasteiger partial charge in [0.1, 0.15) is 0 Å². The van der Waals surface area contributed by atoms with E-state index in [9.17, 15) is 0 Å². The van der Waals surface area contributed by atoms with Gasteiger partial charge in [-0.25, -0.2) is 0 Å².